The summed E-state index contributed by atoms with van der Waals surface area (Å²) in [6, 6.07) is 4.42. The van der Waals surface area contributed by atoms with Crippen LogP contribution < -0.4 is 0 Å². The highest BCUT2D eigenvalue weighted by Gasteiger charge is 2.38. The Labute approximate surface area is 171 Å². The molecule has 4 heterocycles. The van der Waals surface area contributed by atoms with E-state index in [1.807, 2.05) is 0 Å². The zero-order valence-electron chi connectivity index (χ0n) is 16.6. The minimum atomic E-state index is -4.56. The number of alkyl halides is 3. The maximum Gasteiger partial charge on any atom is 0.417 e. The zero-order chi connectivity index (χ0) is 21.5. The molecule has 1 saturated heterocycles. The molecule has 0 unspecified atom stereocenters. The lowest BCUT2D eigenvalue weighted by Crippen LogP contribution is -2.39. The molecule has 30 heavy (non-hydrogen) atoms. The first-order valence-corrected chi connectivity index (χ1v) is 9.82. The molecule has 1 fully saturated rings. The predicted molar refractivity (Wildman–Crippen MR) is 103 cm³/mol. The van der Waals surface area contributed by atoms with Gasteiger partial charge in [-0.2, -0.15) is 13.2 Å². The molecule has 3 aromatic rings. The van der Waals surface area contributed by atoms with Crippen LogP contribution in [0.2, 0.25) is 0 Å². The molecule has 4 rings (SSSR count). The Morgan fingerprint density at radius 3 is 2.80 bits per heavy atom. The fourth-order valence-electron chi connectivity index (χ4n) is 3.85. The van der Waals surface area contributed by atoms with E-state index in [1.165, 1.54) is 6.20 Å². The number of fused-ring (bicyclic) bond motifs is 1. The van der Waals surface area contributed by atoms with Crippen LogP contribution in [0.4, 0.5) is 13.2 Å². The van der Waals surface area contributed by atoms with Crippen LogP contribution in [-0.4, -0.2) is 39.0 Å². The third-order valence-electron chi connectivity index (χ3n) is 5.39. The molecule has 0 aliphatic carbocycles. The Kier molecular flexibility index (Phi) is 5.21. The SMILES string of the molecule is CC(C)c1cc(C(F)(F)F)c2c([C@@H]3CCCN(C(=O)c4cccnc4)C3)noc2n1. The summed E-state index contributed by atoms with van der Waals surface area (Å²) in [6.45, 7) is 4.34. The van der Waals surface area contributed by atoms with E-state index in [0.717, 1.165) is 6.07 Å². The topological polar surface area (TPSA) is 72.1 Å². The Morgan fingerprint density at radius 1 is 1.33 bits per heavy atom. The van der Waals surface area contributed by atoms with Crippen molar-refractivity contribution in [1.29, 1.82) is 0 Å². The highest BCUT2D eigenvalue weighted by Crippen LogP contribution is 2.40. The zero-order valence-corrected chi connectivity index (χ0v) is 16.6. The largest absolute Gasteiger partial charge is 0.417 e. The molecule has 0 bridgehead atoms. The van der Waals surface area contributed by atoms with Gasteiger partial charge in [-0.25, -0.2) is 4.98 Å². The van der Waals surface area contributed by atoms with Crippen molar-refractivity contribution >= 4 is 17.0 Å². The number of aromatic nitrogens is 3. The first-order chi connectivity index (χ1) is 14.3. The van der Waals surface area contributed by atoms with E-state index >= 15 is 0 Å². The summed E-state index contributed by atoms with van der Waals surface area (Å²) in [7, 11) is 0. The van der Waals surface area contributed by atoms with Crippen molar-refractivity contribution in [3.8, 4) is 0 Å². The molecule has 6 nitrogen and oxygen atoms in total. The van der Waals surface area contributed by atoms with Crippen LogP contribution in [-0.2, 0) is 6.18 Å². The van der Waals surface area contributed by atoms with E-state index in [-0.39, 0.29) is 41.1 Å². The molecule has 3 aromatic heterocycles. The van der Waals surface area contributed by atoms with Crippen LogP contribution in [0.15, 0.2) is 35.1 Å². The minimum absolute atomic E-state index is 0.104. The van der Waals surface area contributed by atoms with Crippen molar-refractivity contribution in [2.45, 2.75) is 44.7 Å². The van der Waals surface area contributed by atoms with Gasteiger partial charge in [0.05, 0.1) is 22.2 Å². The van der Waals surface area contributed by atoms with Gasteiger partial charge in [0.1, 0.15) is 0 Å². The maximum atomic E-state index is 13.8. The van der Waals surface area contributed by atoms with E-state index < -0.39 is 11.7 Å². The number of piperidine rings is 1. The van der Waals surface area contributed by atoms with Gasteiger partial charge in [-0.15, -0.1) is 0 Å². The van der Waals surface area contributed by atoms with Crippen LogP contribution in [0.25, 0.3) is 11.1 Å². The van der Waals surface area contributed by atoms with Crippen LogP contribution in [0.3, 0.4) is 0 Å². The number of amides is 1. The van der Waals surface area contributed by atoms with Gasteiger partial charge < -0.3 is 9.42 Å². The molecule has 0 N–H and O–H groups in total. The van der Waals surface area contributed by atoms with E-state index in [9.17, 15) is 18.0 Å². The number of nitrogens with zero attached hydrogens (tertiary/aromatic N) is 4. The van der Waals surface area contributed by atoms with E-state index in [1.54, 1.807) is 37.1 Å². The summed E-state index contributed by atoms with van der Waals surface area (Å²) >= 11 is 0. The van der Waals surface area contributed by atoms with Crippen molar-refractivity contribution in [1.82, 2.24) is 20.0 Å². The van der Waals surface area contributed by atoms with Gasteiger partial charge in [0, 0.05) is 37.1 Å². The summed E-state index contributed by atoms with van der Waals surface area (Å²) in [4.78, 5) is 22.6. The summed E-state index contributed by atoms with van der Waals surface area (Å²) in [5.41, 5.74) is 0.0585. The monoisotopic (exact) mass is 418 g/mol. The summed E-state index contributed by atoms with van der Waals surface area (Å²) in [6.07, 6.45) is -0.235. The van der Waals surface area contributed by atoms with E-state index in [2.05, 4.69) is 15.1 Å². The molecular formula is C21H21F3N4O2. The third kappa shape index (κ3) is 3.76. The lowest BCUT2D eigenvalue weighted by atomic mass is 9.91. The Bertz CT molecular complexity index is 1060. The van der Waals surface area contributed by atoms with Crippen molar-refractivity contribution in [2.24, 2.45) is 0 Å². The molecule has 1 aliphatic heterocycles. The standard InChI is InChI=1S/C21H21F3N4O2/c1-12(2)16-9-15(21(22,23)24)17-18(27-30-19(17)26-16)14-6-4-8-28(11-14)20(29)13-5-3-7-25-10-13/h3,5,7,9-10,12,14H,4,6,8,11H2,1-2H3/t14-/m1/s1. The maximum absolute atomic E-state index is 13.8. The minimum Gasteiger partial charge on any atom is -0.338 e. The lowest BCUT2D eigenvalue weighted by Gasteiger charge is -2.32. The smallest absolute Gasteiger partial charge is 0.338 e. The quantitative estimate of drug-likeness (QED) is 0.612. The fourth-order valence-corrected chi connectivity index (χ4v) is 3.85. The summed E-state index contributed by atoms with van der Waals surface area (Å²) < 4.78 is 46.8. The highest BCUT2D eigenvalue weighted by molar-refractivity contribution is 5.94. The normalized spacial score (nSPS) is 17.7. The van der Waals surface area contributed by atoms with Gasteiger partial charge in [-0.1, -0.05) is 19.0 Å². The van der Waals surface area contributed by atoms with Gasteiger partial charge in [-0.05, 0) is 37.0 Å². The molecule has 0 saturated carbocycles. The number of carbonyl (C=O) groups is 1. The highest BCUT2D eigenvalue weighted by atomic mass is 19.4. The Morgan fingerprint density at radius 2 is 2.13 bits per heavy atom. The molecule has 1 amide bonds. The number of pyridine rings is 2. The predicted octanol–water partition coefficient (Wildman–Crippen LogP) is 4.78. The molecule has 1 atom stereocenters. The van der Waals surface area contributed by atoms with Gasteiger partial charge in [0.25, 0.3) is 11.6 Å². The third-order valence-corrected chi connectivity index (χ3v) is 5.39. The van der Waals surface area contributed by atoms with Crippen LogP contribution in [0.5, 0.6) is 0 Å². The van der Waals surface area contributed by atoms with Crippen LogP contribution >= 0.6 is 0 Å². The molecular weight excluding hydrogens is 397 g/mol. The van der Waals surface area contributed by atoms with E-state index in [4.69, 9.17) is 4.52 Å². The first-order valence-electron chi connectivity index (χ1n) is 9.82. The average Bonchev–Trinajstić information content (AvgIpc) is 3.16. The number of likely N-dealkylation sites (tertiary alicyclic amines) is 1. The number of rotatable bonds is 3. The number of carbonyl (C=O) groups excluding carboxylic acids is 1. The second-order valence-electron chi connectivity index (χ2n) is 7.83. The van der Waals surface area contributed by atoms with E-state index in [0.29, 0.717) is 30.6 Å². The molecule has 0 aromatic carbocycles. The molecule has 0 spiro atoms. The Balaban J connectivity index is 1.71. The molecule has 1 aliphatic rings. The number of hydrogen-bond donors (Lipinski definition) is 0. The molecule has 0 radical (unpaired) electrons. The van der Waals surface area contributed by atoms with Crippen molar-refractivity contribution in [2.75, 3.05) is 13.1 Å². The van der Waals surface area contributed by atoms with Crippen molar-refractivity contribution in [3.05, 3.63) is 53.1 Å². The molecule has 9 heteroatoms. The van der Waals surface area contributed by atoms with Gasteiger partial charge in [0.15, 0.2) is 0 Å². The van der Waals surface area contributed by atoms with Crippen LogP contribution in [0, 0.1) is 0 Å². The first kappa shape index (κ1) is 20.3. The van der Waals surface area contributed by atoms with Gasteiger partial charge in [-0.3, -0.25) is 9.78 Å². The van der Waals surface area contributed by atoms with Crippen molar-refractivity contribution < 1.29 is 22.5 Å². The second kappa shape index (κ2) is 7.70. The summed E-state index contributed by atoms with van der Waals surface area (Å²) in [5, 5.41) is 3.87. The summed E-state index contributed by atoms with van der Waals surface area (Å²) in [5.74, 6) is -0.753. The van der Waals surface area contributed by atoms with Gasteiger partial charge in [0.2, 0.25) is 0 Å². The number of halogens is 3. The average molecular weight is 418 g/mol. The molecule has 158 valence electrons. The second-order valence-corrected chi connectivity index (χ2v) is 7.83. The number of hydrogen-bond acceptors (Lipinski definition) is 5. The van der Waals surface area contributed by atoms with Crippen LogP contribution in [0.1, 0.15) is 65.8 Å². The van der Waals surface area contributed by atoms with Crippen molar-refractivity contribution in [3.63, 3.8) is 0 Å². The fraction of sp³-hybridized carbons (Fsp3) is 0.429. The lowest BCUT2D eigenvalue weighted by molar-refractivity contribution is -0.136. The Hall–Kier alpha value is -2.97. The van der Waals surface area contributed by atoms with Gasteiger partial charge >= 0.3 is 6.18 Å².